The molecular formula is C19H26N4O5S. The molecule has 0 aliphatic carbocycles. The fraction of sp³-hybridized carbons (Fsp3) is 0.474. The van der Waals surface area contributed by atoms with Gasteiger partial charge in [-0.3, -0.25) is 4.79 Å². The van der Waals surface area contributed by atoms with E-state index in [0.717, 1.165) is 0 Å². The highest BCUT2D eigenvalue weighted by molar-refractivity contribution is 7.89. The van der Waals surface area contributed by atoms with Gasteiger partial charge >= 0.3 is 0 Å². The summed E-state index contributed by atoms with van der Waals surface area (Å²) in [6, 6.07) is 5.15. The van der Waals surface area contributed by atoms with Crippen LogP contribution in [0.1, 0.15) is 19.8 Å². The molecule has 29 heavy (non-hydrogen) atoms. The number of nitrogens with one attached hydrogen (secondary N) is 1. The maximum Gasteiger partial charge on any atom is 0.262 e. The van der Waals surface area contributed by atoms with Gasteiger partial charge in [0.1, 0.15) is 11.5 Å². The van der Waals surface area contributed by atoms with Crippen LogP contribution in [0.2, 0.25) is 0 Å². The van der Waals surface area contributed by atoms with Crippen LogP contribution in [0.4, 0.5) is 5.69 Å². The van der Waals surface area contributed by atoms with Crippen molar-refractivity contribution < 1.29 is 22.7 Å². The van der Waals surface area contributed by atoms with Crippen molar-refractivity contribution >= 4 is 21.6 Å². The van der Waals surface area contributed by atoms with Crippen LogP contribution in [0.15, 0.2) is 35.7 Å². The fourth-order valence-corrected chi connectivity index (χ4v) is 4.68. The molecular weight excluding hydrogens is 396 g/mol. The average molecular weight is 423 g/mol. The van der Waals surface area contributed by atoms with E-state index in [2.05, 4.69) is 10.3 Å². The predicted octanol–water partition coefficient (Wildman–Crippen LogP) is 1.96. The van der Waals surface area contributed by atoms with Gasteiger partial charge in [-0.15, -0.1) is 0 Å². The van der Waals surface area contributed by atoms with Gasteiger partial charge in [0.15, 0.2) is 5.03 Å². The van der Waals surface area contributed by atoms with Gasteiger partial charge in [0.05, 0.1) is 26.2 Å². The number of benzene rings is 1. The number of imidazole rings is 1. The van der Waals surface area contributed by atoms with Crippen LogP contribution >= 0.6 is 0 Å². The number of hydrogen-bond acceptors (Lipinski definition) is 6. The lowest BCUT2D eigenvalue weighted by atomic mass is 9.97. The average Bonchev–Trinajstić information content (AvgIpc) is 3.24. The smallest absolute Gasteiger partial charge is 0.262 e. The Kier molecular flexibility index (Phi) is 6.43. The molecule has 1 N–H and O–H groups in total. The quantitative estimate of drug-likeness (QED) is 0.732. The van der Waals surface area contributed by atoms with E-state index in [9.17, 15) is 13.2 Å². The second kappa shape index (κ2) is 8.83. The molecule has 1 aromatic carbocycles. The Balaban J connectivity index is 1.62. The van der Waals surface area contributed by atoms with Gasteiger partial charge in [-0.05, 0) is 31.9 Å². The van der Waals surface area contributed by atoms with Gasteiger partial charge in [-0.1, -0.05) is 0 Å². The predicted molar refractivity (Wildman–Crippen MR) is 108 cm³/mol. The van der Waals surface area contributed by atoms with Crippen LogP contribution in [-0.4, -0.2) is 55.5 Å². The number of hydrogen-bond donors (Lipinski definition) is 1. The molecule has 158 valence electrons. The minimum atomic E-state index is -3.64. The molecule has 0 bridgehead atoms. The third kappa shape index (κ3) is 4.54. The Morgan fingerprint density at radius 2 is 1.97 bits per heavy atom. The Hall–Kier alpha value is -2.59. The van der Waals surface area contributed by atoms with E-state index in [1.54, 1.807) is 29.9 Å². The normalized spacial score (nSPS) is 15.8. The van der Waals surface area contributed by atoms with Gasteiger partial charge in [-0.2, -0.15) is 4.31 Å². The highest BCUT2D eigenvalue weighted by atomic mass is 32.2. The lowest BCUT2D eigenvalue weighted by Crippen LogP contribution is -2.41. The summed E-state index contributed by atoms with van der Waals surface area (Å²) in [5.74, 6) is 0.704. The van der Waals surface area contributed by atoms with Gasteiger partial charge in [0.25, 0.3) is 10.0 Å². The molecule has 1 aromatic heterocycles. The molecule has 1 amide bonds. The van der Waals surface area contributed by atoms with Crippen LogP contribution in [0.5, 0.6) is 11.5 Å². The van der Waals surface area contributed by atoms with Crippen molar-refractivity contribution in [2.45, 2.75) is 31.3 Å². The number of carbonyl (C=O) groups excluding carboxylic acids is 1. The number of anilines is 1. The van der Waals surface area contributed by atoms with Crippen molar-refractivity contribution in [3.05, 3.63) is 30.7 Å². The zero-order valence-corrected chi connectivity index (χ0v) is 17.6. The molecule has 0 unspecified atom stereocenters. The molecule has 9 nitrogen and oxygen atoms in total. The van der Waals surface area contributed by atoms with Crippen LogP contribution in [0.25, 0.3) is 0 Å². The molecule has 1 aliphatic rings. The molecule has 2 heterocycles. The summed E-state index contributed by atoms with van der Waals surface area (Å²) in [5.41, 5.74) is 0.554. The molecule has 1 aliphatic heterocycles. The minimum Gasteiger partial charge on any atom is -0.497 e. The van der Waals surface area contributed by atoms with E-state index in [4.69, 9.17) is 9.47 Å². The Labute approximate surface area is 170 Å². The van der Waals surface area contributed by atoms with Gasteiger partial charge in [-0.25, -0.2) is 13.4 Å². The molecule has 3 rings (SSSR count). The first-order valence-corrected chi connectivity index (χ1v) is 10.9. The number of nitrogens with zero attached hydrogens (tertiary/aromatic N) is 3. The largest absolute Gasteiger partial charge is 0.497 e. The third-order valence-electron chi connectivity index (χ3n) is 5.07. The van der Waals surface area contributed by atoms with Crippen LogP contribution in [0, 0.1) is 5.92 Å². The Bertz CT molecular complexity index is 965. The van der Waals surface area contributed by atoms with E-state index in [-0.39, 0.29) is 29.9 Å². The zero-order valence-electron chi connectivity index (χ0n) is 16.8. The van der Waals surface area contributed by atoms with Crippen molar-refractivity contribution in [3.8, 4) is 11.5 Å². The van der Waals surface area contributed by atoms with Gasteiger partial charge in [0, 0.05) is 37.8 Å². The zero-order chi connectivity index (χ0) is 21.0. The standard InChI is InChI=1S/C19H26N4O5S/c1-4-22-12-18(20-13-22)29(25,26)23-9-7-14(8-10-23)19(24)21-16-6-5-15(27-2)11-17(16)28-3/h5-6,11-14H,4,7-10H2,1-3H3,(H,21,24). The summed E-state index contributed by atoms with van der Waals surface area (Å²) in [5, 5.41) is 2.92. The van der Waals surface area contributed by atoms with E-state index < -0.39 is 10.0 Å². The lowest BCUT2D eigenvalue weighted by Gasteiger charge is -2.30. The summed E-state index contributed by atoms with van der Waals surface area (Å²) < 4.78 is 39.1. The number of amides is 1. The number of aromatic nitrogens is 2. The second-order valence-electron chi connectivity index (χ2n) is 6.78. The maximum atomic E-state index is 12.7. The second-order valence-corrected chi connectivity index (χ2v) is 8.66. The molecule has 0 radical (unpaired) electrons. The third-order valence-corrected chi connectivity index (χ3v) is 6.85. The first kappa shape index (κ1) is 21.1. The van der Waals surface area contributed by atoms with Crippen molar-refractivity contribution in [3.63, 3.8) is 0 Å². The van der Waals surface area contributed by atoms with Crippen LogP contribution < -0.4 is 14.8 Å². The number of aryl methyl sites for hydroxylation is 1. The first-order valence-electron chi connectivity index (χ1n) is 9.43. The summed E-state index contributed by atoms with van der Waals surface area (Å²) >= 11 is 0. The number of sulfonamides is 1. The molecule has 2 aromatic rings. The fourth-order valence-electron chi connectivity index (χ4n) is 3.27. The van der Waals surface area contributed by atoms with E-state index in [0.29, 0.717) is 36.6 Å². The van der Waals surface area contributed by atoms with E-state index in [1.165, 1.54) is 23.9 Å². The van der Waals surface area contributed by atoms with Gasteiger partial charge in [0.2, 0.25) is 5.91 Å². The first-order chi connectivity index (χ1) is 13.9. The number of piperidine rings is 1. The monoisotopic (exact) mass is 422 g/mol. The van der Waals surface area contributed by atoms with Gasteiger partial charge < -0.3 is 19.4 Å². The minimum absolute atomic E-state index is 0.0465. The Morgan fingerprint density at radius 1 is 1.24 bits per heavy atom. The molecule has 10 heteroatoms. The maximum absolute atomic E-state index is 12.7. The van der Waals surface area contributed by atoms with Crippen LogP contribution in [0.3, 0.4) is 0 Å². The lowest BCUT2D eigenvalue weighted by molar-refractivity contribution is -0.120. The number of rotatable bonds is 7. The molecule has 0 saturated carbocycles. The molecule has 0 spiro atoms. The van der Waals surface area contributed by atoms with Crippen LogP contribution in [-0.2, 0) is 21.4 Å². The summed E-state index contributed by atoms with van der Waals surface area (Å²) in [7, 11) is -0.563. The van der Waals surface area contributed by atoms with E-state index in [1.807, 2.05) is 6.92 Å². The van der Waals surface area contributed by atoms with Crippen molar-refractivity contribution in [1.29, 1.82) is 0 Å². The molecule has 0 atom stereocenters. The molecule has 1 saturated heterocycles. The summed E-state index contributed by atoms with van der Waals surface area (Å²) in [4.78, 5) is 16.7. The van der Waals surface area contributed by atoms with Crippen molar-refractivity contribution in [1.82, 2.24) is 13.9 Å². The summed E-state index contributed by atoms with van der Waals surface area (Å²) in [6.07, 6.45) is 3.93. The topological polar surface area (TPSA) is 103 Å². The highest BCUT2D eigenvalue weighted by Crippen LogP contribution is 2.30. The molecule has 1 fully saturated rings. The number of ether oxygens (including phenoxy) is 2. The Morgan fingerprint density at radius 3 is 2.55 bits per heavy atom. The number of carbonyl (C=O) groups is 1. The van der Waals surface area contributed by atoms with E-state index >= 15 is 0 Å². The SMILES string of the molecule is CCn1cnc(S(=O)(=O)N2CCC(C(=O)Nc3ccc(OC)cc3OC)CC2)c1. The summed E-state index contributed by atoms with van der Waals surface area (Å²) in [6.45, 7) is 3.12. The number of methoxy groups -OCH3 is 2. The van der Waals surface area contributed by atoms with Crippen molar-refractivity contribution in [2.24, 2.45) is 5.92 Å². The van der Waals surface area contributed by atoms with Crippen molar-refractivity contribution in [2.75, 3.05) is 32.6 Å². The highest BCUT2D eigenvalue weighted by Gasteiger charge is 2.33.